The Morgan fingerprint density at radius 1 is 1.20 bits per heavy atom. The van der Waals surface area contributed by atoms with Crippen LogP contribution in [0.2, 0.25) is 0 Å². The molecule has 136 valence electrons. The SMILES string of the molecule is CN(C)C(=O)CCc1cccc(NC(=S)NC(=O)C2CCCCC2)c1. The van der Waals surface area contributed by atoms with Crippen molar-refractivity contribution >= 4 is 34.8 Å². The van der Waals surface area contributed by atoms with Crippen LogP contribution < -0.4 is 10.6 Å². The van der Waals surface area contributed by atoms with Crippen molar-refractivity contribution in [3.8, 4) is 0 Å². The highest BCUT2D eigenvalue weighted by Crippen LogP contribution is 2.23. The van der Waals surface area contributed by atoms with E-state index in [1.165, 1.54) is 6.42 Å². The van der Waals surface area contributed by atoms with Crippen molar-refractivity contribution in [2.24, 2.45) is 5.92 Å². The average molecular weight is 362 g/mol. The van der Waals surface area contributed by atoms with Crippen molar-refractivity contribution < 1.29 is 9.59 Å². The number of hydrogen-bond acceptors (Lipinski definition) is 3. The van der Waals surface area contributed by atoms with E-state index in [1.807, 2.05) is 24.3 Å². The molecule has 25 heavy (non-hydrogen) atoms. The number of rotatable bonds is 5. The highest BCUT2D eigenvalue weighted by molar-refractivity contribution is 7.80. The molecule has 0 atom stereocenters. The van der Waals surface area contributed by atoms with Crippen LogP contribution in [0.1, 0.15) is 44.1 Å². The van der Waals surface area contributed by atoms with Crippen molar-refractivity contribution in [3.63, 3.8) is 0 Å². The van der Waals surface area contributed by atoms with E-state index in [0.717, 1.165) is 36.9 Å². The van der Waals surface area contributed by atoms with Gasteiger partial charge < -0.3 is 15.5 Å². The predicted octanol–water partition coefficient (Wildman–Crippen LogP) is 3.10. The van der Waals surface area contributed by atoms with Gasteiger partial charge >= 0.3 is 0 Å². The second-order valence-electron chi connectivity index (χ2n) is 6.77. The number of hydrogen-bond donors (Lipinski definition) is 2. The third-order valence-corrected chi connectivity index (χ3v) is 4.73. The van der Waals surface area contributed by atoms with Gasteiger partial charge in [-0.25, -0.2) is 0 Å². The summed E-state index contributed by atoms with van der Waals surface area (Å²) in [5, 5.41) is 6.20. The van der Waals surface area contributed by atoms with E-state index in [9.17, 15) is 9.59 Å². The van der Waals surface area contributed by atoms with Gasteiger partial charge in [0.25, 0.3) is 0 Å². The van der Waals surface area contributed by atoms with Crippen LogP contribution in [0.4, 0.5) is 5.69 Å². The maximum atomic E-state index is 12.2. The van der Waals surface area contributed by atoms with E-state index in [-0.39, 0.29) is 17.7 Å². The molecule has 0 spiro atoms. The molecule has 1 aliphatic carbocycles. The van der Waals surface area contributed by atoms with Gasteiger partial charge in [-0.05, 0) is 49.2 Å². The minimum absolute atomic E-state index is 0.0185. The molecule has 0 unspecified atom stereocenters. The summed E-state index contributed by atoms with van der Waals surface area (Å²) >= 11 is 5.26. The molecule has 0 bridgehead atoms. The Balaban J connectivity index is 1.84. The second kappa shape index (κ2) is 9.51. The van der Waals surface area contributed by atoms with Crippen molar-refractivity contribution in [2.75, 3.05) is 19.4 Å². The standard InChI is InChI=1S/C19H27N3O2S/c1-22(2)17(23)12-11-14-7-6-10-16(13-14)20-19(25)21-18(24)15-8-4-3-5-9-15/h6-7,10,13,15H,3-5,8-9,11-12H2,1-2H3,(H2,20,21,24,25). The summed E-state index contributed by atoms with van der Waals surface area (Å²) in [5.41, 5.74) is 1.88. The number of nitrogens with one attached hydrogen (secondary N) is 2. The summed E-state index contributed by atoms with van der Waals surface area (Å²) in [7, 11) is 3.52. The number of carbonyl (C=O) groups excluding carboxylic acids is 2. The van der Waals surface area contributed by atoms with Gasteiger partial charge in [-0.3, -0.25) is 9.59 Å². The molecule has 2 amide bonds. The smallest absolute Gasteiger partial charge is 0.229 e. The summed E-state index contributed by atoms with van der Waals surface area (Å²) in [4.78, 5) is 25.5. The molecule has 2 N–H and O–H groups in total. The van der Waals surface area contributed by atoms with E-state index in [4.69, 9.17) is 12.2 Å². The van der Waals surface area contributed by atoms with Gasteiger partial charge in [0, 0.05) is 32.1 Å². The summed E-state index contributed by atoms with van der Waals surface area (Å²) in [6.07, 6.45) is 6.49. The molecule has 1 aromatic carbocycles. The zero-order chi connectivity index (χ0) is 18.2. The summed E-state index contributed by atoms with van der Waals surface area (Å²) in [6, 6.07) is 7.76. The number of thiocarbonyl (C=S) groups is 1. The van der Waals surface area contributed by atoms with Crippen LogP contribution in [0.5, 0.6) is 0 Å². The van der Waals surface area contributed by atoms with Crippen LogP contribution in [0.3, 0.4) is 0 Å². The lowest BCUT2D eigenvalue weighted by molar-refractivity contribution is -0.128. The number of benzene rings is 1. The summed E-state index contributed by atoms with van der Waals surface area (Å²) in [6.45, 7) is 0. The molecule has 5 nitrogen and oxygen atoms in total. The first-order valence-corrected chi connectivity index (χ1v) is 9.27. The van der Waals surface area contributed by atoms with Gasteiger partial charge in [0.05, 0.1) is 0 Å². The van der Waals surface area contributed by atoms with Crippen molar-refractivity contribution in [1.82, 2.24) is 10.2 Å². The summed E-state index contributed by atoms with van der Waals surface area (Å²) < 4.78 is 0. The monoisotopic (exact) mass is 361 g/mol. The molecule has 6 heteroatoms. The van der Waals surface area contributed by atoms with Gasteiger partial charge in [-0.15, -0.1) is 0 Å². The minimum Gasteiger partial charge on any atom is -0.349 e. The van der Waals surface area contributed by atoms with Crippen LogP contribution in [0.25, 0.3) is 0 Å². The lowest BCUT2D eigenvalue weighted by Gasteiger charge is -2.21. The topological polar surface area (TPSA) is 61.4 Å². The predicted molar refractivity (Wildman–Crippen MR) is 104 cm³/mol. The van der Waals surface area contributed by atoms with Crippen LogP contribution in [-0.4, -0.2) is 35.9 Å². The maximum absolute atomic E-state index is 12.2. The van der Waals surface area contributed by atoms with E-state index in [0.29, 0.717) is 18.0 Å². The number of amides is 2. The lowest BCUT2D eigenvalue weighted by Crippen LogP contribution is -2.39. The molecule has 1 aromatic rings. The highest BCUT2D eigenvalue weighted by Gasteiger charge is 2.21. The quantitative estimate of drug-likeness (QED) is 0.791. The van der Waals surface area contributed by atoms with E-state index in [1.54, 1.807) is 19.0 Å². The molecule has 0 aliphatic heterocycles. The zero-order valence-electron chi connectivity index (χ0n) is 15.0. The Labute approximate surface area is 155 Å². The van der Waals surface area contributed by atoms with Gasteiger partial charge in [-0.1, -0.05) is 31.4 Å². The van der Waals surface area contributed by atoms with Crippen LogP contribution in [-0.2, 0) is 16.0 Å². The Hall–Kier alpha value is -1.95. The Morgan fingerprint density at radius 2 is 1.92 bits per heavy atom. The molecular weight excluding hydrogens is 334 g/mol. The Bertz CT molecular complexity index is 625. The first-order chi connectivity index (χ1) is 12.0. The maximum Gasteiger partial charge on any atom is 0.229 e. The van der Waals surface area contributed by atoms with Gasteiger partial charge in [-0.2, -0.15) is 0 Å². The molecule has 0 aromatic heterocycles. The highest BCUT2D eigenvalue weighted by atomic mass is 32.1. The van der Waals surface area contributed by atoms with E-state index < -0.39 is 0 Å². The molecule has 1 aliphatic rings. The Morgan fingerprint density at radius 3 is 2.60 bits per heavy atom. The number of aryl methyl sites for hydroxylation is 1. The molecule has 2 rings (SSSR count). The molecular formula is C19H27N3O2S. The molecule has 0 saturated heterocycles. The van der Waals surface area contributed by atoms with Gasteiger partial charge in [0.15, 0.2) is 5.11 Å². The first-order valence-electron chi connectivity index (χ1n) is 8.86. The molecule has 1 saturated carbocycles. The van der Waals surface area contributed by atoms with Gasteiger partial charge in [0.2, 0.25) is 11.8 Å². The number of carbonyl (C=O) groups is 2. The van der Waals surface area contributed by atoms with Crippen molar-refractivity contribution in [3.05, 3.63) is 29.8 Å². The third-order valence-electron chi connectivity index (χ3n) is 4.52. The fourth-order valence-electron chi connectivity index (χ4n) is 3.02. The van der Waals surface area contributed by atoms with Crippen LogP contribution >= 0.6 is 12.2 Å². The third kappa shape index (κ3) is 6.46. The van der Waals surface area contributed by atoms with E-state index in [2.05, 4.69) is 10.6 Å². The van der Waals surface area contributed by atoms with Crippen molar-refractivity contribution in [1.29, 1.82) is 0 Å². The lowest BCUT2D eigenvalue weighted by atomic mass is 9.89. The number of anilines is 1. The molecule has 0 heterocycles. The van der Waals surface area contributed by atoms with Gasteiger partial charge in [0.1, 0.15) is 0 Å². The fraction of sp³-hybridized carbons (Fsp3) is 0.526. The second-order valence-corrected chi connectivity index (χ2v) is 7.18. The Kier molecular flexibility index (Phi) is 7.37. The fourth-order valence-corrected chi connectivity index (χ4v) is 3.24. The van der Waals surface area contributed by atoms with E-state index >= 15 is 0 Å². The van der Waals surface area contributed by atoms with Crippen LogP contribution in [0.15, 0.2) is 24.3 Å². The molecule has 1 fully saturated rings. The minimum atomic E-state index is 0.0185. The average Bonchev–Trinajstić information content (AvgIpc) is 2.60. The normalized spacial score (nSPS) is 14.6. The van der Waals surface area contributed by atoms with Crippen molar-refractivity contribution in [2.45, 2.75) is 44.9 Å². The first kappa shape index (κ1) is 19.4. The zero-order valence-corrected chi connectivity index (χ0v) is 15.8. The van der Waals surface area contributed by atoms with Crippen LogP contribution in [0, 0.1) is 5.92 Å². The number of nitrogens with zero attached hydrogens (tertiary/aromatic N) is 1. The largest absolute Gasteiger partial charge is 0.349 e. The molecule has 0 radical (unpaired) electrons. The summed E-state index contributed by atoms with van der Waals surface area (Å²) in [5.74, 6) is 0.204.